The first-order valence-electron chi connectivity index (χ1n) is 9.66. The van der Waals surface area contributed by atoms with Gasteiger partial charge in [0.2, 0.25) is 0 Å². The maximum atomic E-state index is 12.8. The van der Waals surface area contributed by atoms with Crippen LogP contribution in [0.3, 0.4) is 0 Å². The summed E-state index contributed by atoms with van der Waals surface area (Å²) in [5, 5.41) is 5.31. The summed E-state index contributed by atoms with van der Waals surface area (Å²) in [5.41, 5.74) is 2.48. The zero-order valence-corrected chi connectivity index (χ0v) is 15.5. The van der Waals surface area contributed by atoms with Gasteiger partial charge in [-0.15, -0.1) is 0 Å². The van der Waals surface area contributed by atoms with Crippen molar-refractivity contribution in [2.24, 2.45) is 0 Å². The van der Waals surface area contributed by atoms with E-state index in [4.69, 9.17) is 4.42 Å². The first kappa shape index (κ1) is 16.8. The number of amides is 2. The summed E-state index contributed by atoms with van der Waals surface area (Å²) in [4.78, 5) is 19.3. The van der Waals surface area contributed by atoms with E-state index in [2.05, 4.69) is 22.4 Å². The number of fused-ring (bicyclic) bond motifs is 2. The highest BCUT2D eigenvalue weighted by molar-refractivity contribution is 5.93. The number of piperidine rings is 1. The Bertz CT molecular complexity index is 1120. The van der Waals surface area contributed by atoms with Crippen molar-refractivity contribution in [3.05, 3.63) is 72.6 Å². The van der Waals surface area contributed by atoms with Crippen molar-refractivity contribution in [1.82, 2.24) is 9.88 Å². The number of carbonyl (C=O) groups excluding carboxylic acids is 1. The minimum Gasteiger partial charge on any atom is -0.440 e. The number of likely N-dealkylation sites (tertiary alicyclic amines) is 1. The molecule has 28 heavy (non-hydrogen) atoms. The lowest BCUT2D eigenvalue weighted by Crippen LogP contribution is -2.41. The summed E-state index contributed by atoms with van der Waals surface area (Å²) in [6, 6.07) is 21.8. The van der Waals surface area contributed by atoms with Crippen molar-refractivity contribution < 1.29 is 9.21 Å². The third-order valence-electron chi connectivity index (χ3n) is 5.37. The van der Waals surface area contributed by atoms with Crippen LogP contribution in [0.1, 0.15) is 24.7 Å². The van der Waals surface area contributed by atoms with Gasteiger partial charge in [-0.1, -0.05) is 42.5 Å². The van der Waals surface area contributed by atoms with E-state index in [1.165, 1.54) is 0 Å². The van der Waals surface area contributed by atoms with Crippen LogP contribution in [0.15, 0.2) is 71.1 Å². The molecular weight excluding hydrogens is 350 g/mol. The van der Waals surface area contributed by atoms with Gasteiger partial charge in [0, 0.05) is 18.8 Å². The minimum atomic E-state index is -0.0731. The first-order valence-corrected chi connectivity index (χ1v) is 9.66. The maximum Gasteiger partial charge on any atom is 0.321 e. The van der Waals surface area contributed by atoms with Gasteiger partial charge >= 0.3 is 6.03 Å². The van der Waals surface area contributed by atoms with Gasteiger partial charge in [0.15, 0.2) is 11.5 Å². The predicted molar refractivity (Wildman–Crippen MR) is 111 cm³/mol. The number of hydrogen-bond donors (Lipinski definition) is 1. The second-order valence-electron chi connectivity index (χ2n) is 7.30. The van der Waals surface area contributed by atoms with Crippen LogP contribution in [0.4, 0.5) is 10.5 Å². The number of nitrogens with one attached hydrogen (secondary N) is 1. The molecule has 140 valence electrons. The molecule has 0 bridgehead atoms. The average Bonchev–Trinajstić information content (AvgIpc) is 3.18. The topological polar surface area (TPSA) is 58.4 Å². The molecular formula is C23H21N3O2. The molecule has 0 aliphatic carbocycles. The molecule has 2 amide bonds. The monoisotopic (exact) mass is 371 g/mol. The zero-order chi connectivity index (χ0) is 18.9. The number of rotatable bonds is 2. The molecule has 1 aromatic heterocycles. The van der Waals surface area contributed by atoms with Crippen molar-refractivity contribution >= 4 is 33.6 Å². The van der Waals surface area contributed by atoms with Crippen LogP contribution in [0.5, 0.6) is 0 Å². The van der Waals surface area contributed by atoms with Gasteiger partial charge in [0.1, 0.15) is 5.52 Å². The lowest BCUT2D eigenvalue weighted by atomic mass is 9.98. The fourth-order valence-electron chi connectivity index (χ4n) is 3.90. The molecule has 1 aliphatic rings. The van der Waals surface area contributed by atoms with Crippen LogP contribution in [-0.4, -0.2) is 29.0 Å². The number of urea groups is 1. The molecule has 5 rings (SSSR count). The standard InChI is InChI=1S/C23H21N3O2/c27-23(24-19-12-11-16-6-1-2-7-17(16)14-19)26-13-5-8-18(15-26)22-25-20-9-3-4-10-21(20)28-22/h1-4,6-7,9-12,14,18H,5,8,13,15H2,(H,24,27). The molecule has 5 heteroatoms. The molecule has 1 unspecified atom stereocenters. The molecule has 0 spiro atoms. The fraction of sp³-hybridized carbons (Fsp3) is 0.217. The van der Waals surface area contributed by atoms with Gasteiger partial charge in [-0.3, -0.25) is 0 Å². The normalized spacial score (nSPS) is 17.1. The first-order chi connectivity index (χ1) is 13.8. The van der Waals surface area contributed by atoms with Crippen molar-refractivity contribution in [2.45, 2.75) is 18.8 Å². The summed E-state index contributed by atoms with van der Waals surface area (Å²) in [7, 11) is 0. The van der Waals surface area contributed by atoms with Crippen molar-refractivity contribution in [2.75, 3.05) is 18.4 Å². The molecule has 4 aromatic rings. The van der Waals surface area contributed by atoms with Gasteiger partial charge in [0.25, 0.3) is 0 Å². The lowest BCUT2D eigenvalue weighted by Gasteiger charge is -2.31. The van der Waals surface area contributed by atoms with Crippen LogP contribution in [0, 0.1) is 0 Å². The Morgan fingerprint density at radius 3 is 2.75 bits per heavy atom. The van der Waals surface area contributed by atoms with Crippen LogP contribution < -0.4 is 5.32 Å². The molecule has 1 atom stereocenters. The van der Waals surface area contributed by atoms with Gasteiger partial charge in [-0.2, -0.15) is 0 Å². The Morgan fingerprint density at radius 1 is 1.04 bits per heavy atom. The van der Waals surface area contributed by atoms with Gasteiger partial charge in [-0.05, 0) is 47.9 Å². The molecule has 3 aromatic carbocycles. The average molecular weight is 371 g/mol. The Morgan fingerprint density at radius 2 is 1.86 bits per heavy atom. The molecule has 2 heterocycles. The van der Waals surface area contributed by atoms with E-state index in [1.807, 2.05) is 59.5 Å². The van der Waals surface area contributed by atoms with Crippen molar-refractivity contribution in [1.29, 1.82) is 0 Å². The number of benzene rings is 3. The molecule has 1 aliphatic heterocycles. The Hall–Kier alpha value is -3.34. The fourth-order valence-corrected chi connectivity index (χ4v) is 3.90. The number of carbonyl (C=O) groups is 1. The molecule has 1 fully saturated rings. The third kappa shape index (κ3) is 3.20. The van der Waals surface area contributed by atoms with Crippen LogP contribution in [-0.2, 0) is 0 Å². The summed E-state index contributed by atoms with van der Waals surface area (Å²) in [5.74, 6) is 0.855. The second-order valence-corrected chi connectivity index (χ2v) is 7.30. The molecule has 1 N–H and O–H groups in total. The quantitative estimate of drug-likeness (QED) is 0.514. The summed E-state index contributed by atoms with van der Waals surface area (Å²) in [6.45, 7) is 1.36. The highest BCUT2D eigenvalue weighted by atomic mass is 16.3. The van der Waals surface area contributed by atoms with E-state index in [9.17, 15) is 4.79 Å². The van der Waals surface area contributed by atoms with Crippen LogP contribution in [0.25, 0.3) is 21.9 Å². The Labute approximate surface area is 163 Å². The molecule has 1 saturated heterocycles. The Balaban J connectivity index is 1.31. The Kier molecular flexibility index (Phi) is 4.20. The highest BCUT2D eigenvalue weighted by Gasteiger charge is 2.28. The smallest absolute Gasteiger partial charge is 0.321 e. The second kappa shape index (κ2) is 7.00. The minimum absolute atomic E-state index is 0.0731. The molecule has 0 radical (unpaired) electrons. The largest absolute Gasteiger partial charge is 0.440 e. The highest BCUT2D eigenvalue weighted by Crippen LogP contribution is 2.29. The van der Waals surface area contributed by atoms with Crippen LogP contribution in [0.2, 0.25) is 0 Å². The number of nitrogens with zero attached hydrogens (tertiary/aromatic N) is 2. The van der Waals surface area contributed by atoms with Gasteiger partial charge < -0.3 is 14.6 Å². The maximum absolute atomic E-state index is 12.8. The molecule has 5 nitrogen and oxygen atoms in total. The third-order valence-corrected chi connectivity index (χ3v) is 5.37. The van der Waals surface area contributed by atoms with E-state index in [0.29, 0.717) is 6.54 Å². The lowest BCUT2D eigenvalue weighted by molar-refractivity contribution is 0.187. The van der Waals surface area contributed by atoms with E-state index < -0.39 is 0 Å². The van der Waals surface area contributed by atoms with Crippen molar-refractivity contribution in [3.8, 4) is 0 Å². The van der Waals surface area contributed by atoms with Gasteiger partial charge in [-0.25, -0.2) is 9.78 Å². The zero-order valence-electron chi connectivity index (χ0n) is 15.5. The summed E-state index contributed by atoms with van der Waals surface area (Å²) < 4.78 is 5.93. The van der Waals surface area contributed by atoms with Gasteiger partial charge in [0.05, 0.1) is 5.92 Å². The van der Waals surface area contributed by atoms with Crippen LogP contribution >= 0.6 is 0 Å². The molecule has 0 saturated carbocycles. The van der Waals surface area contributed by atoms with E-state index in [0.717, 1.165) is 52.8 Å². The SMILES string of the molecule is O=C(Nc1ccc2ccccc2c1)N1CCCC(c2nc3ccccc3o2)C1. The van der Waals surface area contributed by atoms with E-state index >= 15 is 0 Å². The summed E-state index contributed by atoms with van der Waals surface area (Å²) >= 11 is 0. The number of hydrogen-bond acceptors (Lipinski definition) is 3. The number of oxazole rings is 1. The number of para-hydroxylation sites is 2. The predicted octanol–water partition coefficient (Wildman–Crippen LogP) is 5.39. The van der Waals surface area contributed by atoms with Crippen molar-refractivity contribution in [3.63, 3.8) is 0 Å². The number of aromatic nitrogens is 1. The number of anilines is 1. The van der Waals surface area contributed by atoms with E-state index in [-0.39, 0.29) is 11.9 Å². The van der Waals surface area contributed by atoms with E-state index in [1.54, 1.807) is 0 Å². The summed E-state index contributed by atoms with van der Waals surface area (Å²) in [6.07, 6.45) is 1.92.